The predicted molar refractivity (Wildman–Crippen MR) is 95.7 cm³/mol. The van der Waals surface area contributed by atoms with Gasteiger partial charge < -0.3 is 19.7 Å². The van der Waals surface area contributed by atoms with Crippen LogP contribution in [0.15, 0.2) is 12.1 Å². The number of rotatable bonds is 3. The van der Waals surface area contributed by atoms with Crippen LogP contribution in [0.1, 0.15) is 43.2 Å². The van der Waals surface area contributed by atoms with E-state index in [-0.39, 0.29) is 12.1 Å². The lowest BCUT2D eigenvalue weighted by atomic mass is 9.48. The van der Waals surface area contributed by atoms with Crippen molar-refractivity contribution in [1.82, 2.24) is 4.90 Å². The zero-order chi connectivity index (χ0) is 17.7. The zero-order valence-electron chi connectivity index (χ0n) is 15.3. The highest BCUT2D eigenvalue weighted by Crippen LogP contribution is 2.65. The normalized spacial score (nSPS) is 43.0. The summed E-state index contributed by atoms with van der Waals surface area (Å²) in [5.74, 6) is 2.30. The van der Waals surface area contributed by atoms with Crippen molar-refractivity contribution in [2.24, 2.45) is 5.92 Å². The molecule has 3 aliphatic carbocycles. The van der Waals surface area contributed by atoms with E-state index in [2.05, 4.69) is 11.0 Å². The molecule has 3 fully saturated rings. The van der Waals surface area contributed by atoms with E-state index >= 15 is 0 Å². The van der Waals surface area contributed by atoms with Gasteiger partial charge in [-0.15, -0.1) is 0 Å². The van der Waals surface area contributed by atoms with Crippen molar-refractivity contribution in [3.8, 4) is 11.5 Å². The predicted octanol–water partition coefficient (Wildman–Crippen LogP) is 1.62. The first-order chi connectivity index (χ1) is 12.6. The van der Waals surface area contributed by atoms with E-state index < -0.39 is 17.1 Å². The Hall–Kier alpha value is -1.30. The highest BCUT2D eigenvalue weighted by Gasteiger charge is 2.72. The van der Waals surface area contributed by atoms with E-state index in [1.807, 2.05) is 6.07 Å². The van der Waals surface area contributed by atoms with E-state index in [9.17, 15) is 10.2 Å². The minimum Gasteiger partial charge on any atom is -0.493 e. The fourth-order valence-electron chi connectivity index (χ4n) is 6.61. The molecule has 2 aliphatic heterocycles. The van der Waals surface area contributed by atoms with Crippen molar-refractivity contribution >= 4 is 0 Å². The summed E-state index contributed by atoms with van der Waals surface area (Å²) in [5, 5.41) is 22.9. The lowest BCUT2D eigenvalue weighted by Gasteiger charge is -2.63. The molecular formula is C21H27NO4. The molecule has 0 aromatic heterocycles. The van der Waals surface area contributed by atoms with Gasteiger partial charge in [0, 0.05) is 18.2 Å². The average molecular weight is 357 g/mol. The van der Waals surface area contributed by atoms with Gasteiger partial charge in [0.15, 0.2) is 11.5 Å². The fraction of sp³-hybridized carbons (Fsp3) is 0.714. The highest BCUT2D eigenvalue weighted by molar-refractivity contribution is 5.62. The van der Waals surface area contributed by atoms with Crippen molar-refractivity contribution in [3.05, 3.63) is 23.3 Å². The second-order valence-electron chi connectivity index (χ2n) is 9.08. The molecule has 2 N–H and O–H groups in total. The molecular weight excluding hydrogens is 330 g/mol. The van der Waals surface area contributed by atoms with Gasteiger partial charge in [0.05, 0.1) is 24.2 Å². The summed E-state index contributed by atoms with van der Waals surface area (Å²) in [6, 6.07) is 4.27. The Bertz CT molecular complexity index is 778. The van der Waals surface area contributed by atoms with Crippen LogP contribution in [-0.2, 0) is 11.8 Å². The Morgan fingerprint density at radius 1 is 1.27 bits per heavy atom. The van der Waals surface area contributed by atoms with Gasteiger partial charge in [0.1, 0.15) is 6.10 Å². The standard InChI is InChI=1S/C21H27NO4/c1-25-15-5-4-13-10-16-21(24)7-6-14(23)19-20(21,17(13)18(15)26-19)8-9-22(16)11-12-2-3-12/h4-5,12,14,16,19,23-24H,2-3,6-11H2,1H3/t14-,16+,19-,20-,21+/m0/s1. The number of aliphatic hydroxyl groups is 2. The number of benzene rings is 1. The number of hydrogen-bond donors (Lipinski definition) is 2. The van der Waals surface area contributed by atoms with Crippen LogP contribution in [-0.4, -0.2) is 59.2 Å². The minimum atomic E-state index is -0.825. The number of likely N-dealkylation sites (tertiary alicyclic amines) is 1. The van der Waals surface area contributed by atoms with Gasteiger partial charge >= 0.3 is 0 Å². The topological polar surface area (TPSA) is 62.2 Å². The second kappa shape index (κ2) is 4.94. The third-order valence-corrected chi connectivity index (χ3v) is 7.94. The molecule has 2 bridgehead atoms. The third-order valence-electron chi connectivity index (χ3n) is 7.94. The van der Waals surface area contributed by atoms with Gasteiger partial charge in [-0.25, -0.2) is 0 Å². The lowest BCUT2D eigenvalue weighted by Crippen LogP contribution is -2.77. The van der Waals surface area contributed by atoms with Crippen molar-refractivity contribution in [2.75, 3.05) is 20.2 Å². The Labute approximate surface area is 153 Å². The van der Waals surface area contributed by atoms with Crippen LogP contribution in [0, 0.1) is 5.92 Å². The Morgan fingerprint density at radius 3 is 2.88 bits per heavy atom. The monoisotopic (exact) mass is 357 g/mol. The molecule has 5 atom stereocenters. The van der Waals surface area contributed by atoms with Crippen molar-refractivity contribution in [2.45, 2.75) is 67.8 Å². The van der Waals surface area contributed by atoms with Crippen LogP contribution < -0.4 is 9.47 Å². The van der Waals surface area contributed by atoms with Crippen LogP contribution >= 0.6 is 0 Å². The summed E-state index contributed by atoms with van der Waals surface area (Å²) >= 11 is 0. The number of aliphatic hydroxyl groups excluding tert-OH is 1. The number of nitrogens with zero attached hydrogens (tertiary/aromatic N) is 1. The van der Waals surface area contributed by atoms with E-state index in [4.69, 9.17) is 9.47 Å². The summed E-state index contributed by atoms with van der Waals surface area (Å²) in [5.41, 5.74) is 1.08. The van der Waals surface area contributed by atoms with Gasteiger partial charge in [-0.1, -0.05) is 6.07 Å². The molecule has 6 rings (SSSR count). The maximum absolute atomic E-state index is 12.1. The molecule has 2 heterocycles. The van der Waals surface area contributed by atoms with E-state index in [0.29, 0.717) is 12.8 Å². The van der Waals surface area contributed by atoms with Crippen molar-refractivity contribution < 1.29 is 19.7 Å². The SMILES string of the molecule is COc1ccc2c3c1O[C@H]1[C@@H](O)CC[C@@]4(O)[C@@H](C2)N(CC2CC2)CC[C@]314. The zero-order valence-corrected chi connectivity index (χ0v) is 15.3. The maximum atomic E-state index is 12.1. The minimum absolute atomic E-state index is 0.127. The van der Waals surface area contributed by atoms with Crippen LogP contribution in [0.2, 0.25) is 0 Å². The second-order valence-corrected chi connectivity index (χ2v) is 9.08. The molecule has 1 spiro atoms. The molecule has 5 nitrogen and oxygen atoms in total. The van der Waals surface area contributed by atoms with Gasteiger partial charge in [0.25, 0.3) is 0 Å². The first kappa shape index (κ1) is 15.7. The number of piperidine rings is 1. The first-order valence-electron chi connectivity index (χ1n) is 10.1. The van der Waals surface area contributed by atoms with Crippen molar-refractivity contribution in [1.29, 1.82) is 0 Å². The van der Waals surface area contributed by atoms with Gasteiger partial charge in [-0.2, -0.15) is 0 Å². The van der Waals surface area contributed by atoms with Gasteiger partial charge in [0.2, 0.25) is 0 Å². The first-order valence-corrected chi connectivity index (χ1v) is 10.1. The number of methoxy groups -OCH3 is 1. The molecule has 0 radical (unpaired) electrons. The summed E-state index contributed by atoms with van der Waals surface area (Å²) in [7, 11) is 1.66. The van der Waals surface area contributed by atoms with Gasteiger partial charge in [-0.05, 0) is 62.6 Å². The molecule has 1 aromatic rings. The molecule has 26 heavy (non-hydrogen) atoms. The van der Waals surface area contributed by atoms with E-state index in [0.717, 1.165) is 48.9 Å². The number of ether oxygens (including phenoxy) is 2. The molecule has 1 aromatic carbocycles. The molecule has 140 valence electrons. The van der Waals surface area contributed by atoms with Crippen LogP contribution in [0.4, 0.5) is 0 Å². The molecule has 1 saturated heterocycles. The Balaban J connectivity index is 1.56. The quantitative estimate of drug-likeness (QED) is 0.861. The average Bonchev–Trinajstić information content (AvgIpc) is 3.37. The summed E-state index contributed by atoms with van der Waals surface area (Å²) < 4.78 is 11.9. The lowest BCUT2D eigenvalue weighted by molar-refractivity contribution is -0.208. The molecule has 0 unspecified atom stereocenters. The van der Waals surface area contributed by atoms with Crippen LogP contribution in [0.25, 0.3) is 0 Å². The molecule has 0 amide bonds. The Kier molecular flexibility index (Phi) is 2.99. The van der Waals surface area contributed by atoms with E-state index in [1.54, 1.807) is 7.11 Å². The molecule has 5 aliphatic rings. The van der Waals surface area contributed by atoms with E-state index in [1.165, 1.54) is 18.4 Å². The third kappa shape index (κ3) is 1.68. The van der Waals surface area contributed by atoms with Gasteiger partial charge in [-0.3, -0.25) is 4.90 Å². The highest BCUT2D eigenvalue weighted by atomic mass is 16.5. The van der Waals surface area contributed by atoms with Crippen molar-refractivity contribution in [3.63, 3.8) is 0 Å². The maximum Gasteiger partial charge on any atom is 0.166 e. The number of hydrogen-bond acceptors (Lipinski definition) is 5. The smallest absolute Gasteiger partial charge is 0.166 e. The molecule has 2 saturated carbocycles. The largest absolute Gasteiger partial charge is 0.493 e. The Morgan fingerprint density at radius 2 is 2.12 bits per heavy atom. The molecule has 5 heteroatoms. The summed E-state index contributed by atoms with van der Waals surface area (Å²) in [6.07, 6.45) is 4.72. The summed E-state index contributed by atoms with van der Waals surface area (Å²) in [4.78, 5) is 2.54. The fourth-order valence-corrected chi connectivity index (χ4v) is 6.61. The summed E-state index contributed by atoms with van der Waals surface area (Å²) in [6.45, 7) is 2.08. The van der Waals surface area contributed by atoms with Crippen LogP contribution in [0.5, 0.6) is 11.5 Å². The van der Waals surface area contributed by atoms with Crippen LogP contribution in [0.3, 0.4) is 0 Å².